The lowest BCUT2D eigenvalue weighted by Gasteiger charge is -2.14. The van der Waals surface area contributed by atoms with Gasteiger partial charge in [0.2, 0.25) is 0 Å². The average Bonchev–Trinajstić information content (AvgIpc) is 3.01. The summed E-state index contributed by atoms with van der Waals surface area (Å²) in [5, 5.41) is 9.00. The summed E-state index contributed by atoms with van der Waals surface area (Å²) in [6, 6.07) is 6.50. The van der Waals surface area contributed by atoms with Crippen molar-refractivity contribution in [3.8, 4) is 11.8 Å². The Hall–Kier alpha value is -1.92. The van der Waals surface area contributed by atoms with E-state index in [0.29, 0.717) is 22.8 Å². The van der Waals surface area contributed by atoms with Crippen LogP contribution >= 0.6 is 23.5 Å². The van der Waals surface area contributed by atoms with Crippen molar-refractivity contribution in [2.75, 3.05) is 11.5 Å². The molecule has 0 bridgehead atoms. The highest BCUT2D eigenvalue weighted by Gasteiger charge is 2.31. The Bertz CT molecular complexity index is 887. The Morgan fingerprint density at radius 2 is 2.21 bits per heavy atom. The van der Waals surface area contributed by atoms with Gasteiger partial charge in [0, 0.05) is 12.2 Å². The lowest BCUT2D eigenvalue weighted by molar-refractivity contribution is -0.137. The number of alkyl halides is 3. The van der Waals surface area contributed by atoms with Crippen LogP contribution in [0.2, 0.25) is 0 Å². The van der Waals surface area contributed by atoms with Crippen molar-refractivity contribution in [3.05, 3.63) is 45.9 Å². The van der Waals surface area contributed by atoms with Crippen LogP contribution in [0, 0.1) is 11.3 Å². The standard InChI is InChI=1S/C15H10F3N3OS2/c16-15(17,18)9-2-1-3-10(8-9)21-13(22)12-11(4-6-23-12)20-14(21)24-7-5-19/h1-3,8H,4,6-7H2. The highest BCUT2D eigenvalue weighted by atomic mass is 32.2. The second-order valence-electron chi connectivity index (χ2n) is 4.90. The topological polar surface area (TPSA) is 58.7 Å². The lowest BCUT2D eigenvalue weighted by atomic mass is 10.2. The zero-order valence-electron chi connectivity index (χ0n) is 12.1. The summed E-state index contributed by atoms with van der Waals surface area (Å²) in [5.74, 6) is 0.768. The summed E-state index contributed by atoms with van der Waals surface area (Å²) < 4.78 is 40.0. The van der Waals surface area contributed by atoms with Gasteiger partial charge in [-0.25, -0.2) is 4.98 Å². The minimum Gasteiger partial charge on any atom is -0.268 e. The SMILES string of the molecule is N#CCSc1nc2c(c(=O)n1-c1cccc(C(F)(F)F)c1)SCC2. The zero-order chi connectivity index (χ0) is 17.3. The molecular weight excluding hydrogens is 359 g/mol. The number of benzene rings is 1. The summed E-state index contributed by atoms with van der Waals surface area (Å²) >= 11 is 2.39. The van der Waals surface area contributed by atoms with E-state index in [0.717, 1.165) is 28.5 Å². The smallest absolute Gasteiger partial charge is 0.268 e. The number of nitriles is 1. The molecule has 4 nitrogen and oxygen atoms in total. The van der Waals surface area contributed by atoms with E-state index in [-0.39, 0.29) is 22.2 Å². The fourth-order valence-electron chi connectivity index (χ4n) is 2.33. The molecule has 0 atom stereocenters. The Morgan fingerprint density at radius 1 is 1.42 bits per heavy atom. The third-order valence-electron chi connectivity index (χ3n) is 3.36. The van der Waals surface area contributed by atoms with Crippen molar-refractivity contribution < 1.29 is 13.2 Å². The number of aryl methyl sites for hydroxylation is 1. The van der Waals surface area contributed by atoms with E-state index in [1.54, 1.807) is 0 Å². The van der Waals surface area contributed by atoms with Crippen molar-refractivity contribution >= 4 is 23.5 Å². The van der Waals surface area contributed by atoms with E-state index >= 15 is 0 Å². The van der Waals surface area contributed by atoms with Crippen LogP contribution in [0.3, 0.4) is 0 Å². The molecule has 0 aliphatic carbocycles. The van der Waals surface area contributed by atoms with E-state index in [1.807, 2.05) is 6.07 Å². The molecule has 0 N–H and O–H groups in total. The Balaban J connectivity index is 2.20. The van der Waals surface area contributed by atoms with E-state index in [9.17, 15) is 18.0 Å². The van der Waals surface area contributed by atoms with Gasteiger partial charge >= 0.3 is 6.18 Å². The Kier molecular flexibility index (Phi) is 4.60. The van der Waals surface area contributed by atoms with Gasteiger partial charge in [-0.1, -0.05) is 17.8 Å². The van der Waals surface area contributed by atoms with Crippen molar-refractivity contribution in [1.82, 2.24) is 9.55 Å². The summed E-state index contributed by atoms with van der Waals surface area (Å²) in [5.41, 5.74) is -0.481. The van der Waals surface area contributed by atoms with Crippen LogP contribution in [0.25, 0.3) is 5.69 Å². The van der Waals surface area contributed by atoms with Gasteiger partial charge in [-0.05, 0) is 18.2 Å². The Labute approximate surface area is 143 Å². The molecule has 1 aliphatic heterocycles. The first-order valence-electron chi connectivity index (χ1n) is 6.88. The number of nitrogens with zero attached hydrogens (tertiary/aromatic N) is 3. The molecule has 9 heteroatoms. The second kappa shape index (κ2) is 6.53. The van der Waals surface area contributed by atoms with E-state index in [2.05, 4.69) is 4.98 Å². The van der Waals surface area contributed by atoms with Gasteiger partial charge in [-0.3, -0.25) is 9.36 Å². The summed E-state index contributed by atoms with van der Waals surface area (Å²) in [6.07, 6.45) is -3.86. The molecule has 0 saturated carbocycles. The number of hydrogen-bond donors (Lipinski definition) is 0. The van der Waals surface area contributed by atoms with E-state index in [1.165, 1.54) is 23.9 Å². The number of fused-ring (bicyclic) bond motifs is 1. The predicted octanol–water partition coefficient (Wildman–Crippen LogP) is 3.52. The van der Waals surface area contributed by atoms with Crippen molar-refractivity contribution in [2.45, 2.75) is 22.6 Å². The minimum atomic E-state index is -4.50. The molecule has 1 aromatic carbocycles. The van der Waals surface area contributed by atoms with Gasteiger partial charge < -0.3 is 0 Å². The molecule has 1 aromatic heterocycles. The first-order valence-corrected chi connectivity index (χ1v) is 8.85. The number of thioether (sulfide) groups is 2. The van der Waals surface area contributed by atoms with Crippen LogP contribution < -0.4 is 5.56 Å². The normalized spacial score (nSPS) is 13.6. The van der Waals surface area contributed by atoms with E-state index in [4.69, 9.17) is 5.26 Å². The van der Waals surface area contributed by atoms with Gasteiger partial charge in [0.05, 0.1) is 33.7 Å². The monoisotopic (exact) mass is 369 g/mol. The maximum absolute atomic E-state index is 13.0. The number of halogens is 3. The van der Waals surface area contributed by atoms with Gasteiger partial charge in [-0.2, -0.15) is 18.4 Å². The third-order valence-corrected chi connectivity index (χ3v) is 5.28. The highest BCUT2D eigenvalue weighted by molar-refractivity contribution is 7.99. The molecule has 24 heavy (non-hydrogen) atoms. The molecule has 3 rings (SSSR count). The largest absolute Gasteiger partial charge is 0.416 e. The summed E-state index contributed by atoms with van der Waals surface area (Å²) in [4.78, 5) is 17.6. The molecular formula is C15H10F3N3OS2. The first-order chi connectivity index (χ1) is 11.4. The number of hydrogen-bond acceptors (Lipinski definition) is 5. The average molecular weight is 369 g/mol. The maximum atomic E-state index is 13.0. The van der Waals surface area contributed by atoms with Crippen LogP contribution in [0.4, 0.5) is 13.2 Å². The maximum Gasteiger partial charge on any atom is 0.416 e. The highest BCUT2D eigenvalue weighted by Crippen LogP contribution is 2.32. The van der Waals surface area contributed by atoms with Crippen LogP contribution in [-0.2, 0) is 12.6 Å². The molecule has 2 aromatic rings. The molecule has 0 radical (unpaired) electrons. The van der Waals surface area contributed by atoms with Crippen LogP contribution in [0.15, 0.2) is 39.1 Å². The quantitative estimate of drug-likeness (QED) is 0.612. The van der Waals surface area contributed by atoms with Crippen molar-refractivity contribution in [1.29, 1.82) is 5.26 Å². The predicted molar refractivity (Wildman–Crippen MR) is 85.6 cm³/mol. The molecule has 0 saturated heterocycles. The van der Waals surface area contributed by atoms with Crippen LogP contribution in [-0.4, -0.2) is 21.1 Å². The molecule has 0 fully saturated rings. The second-order valence-corrected chi connectivity index (χ2v) is 6.95. The first kappa shape index (κ1) is 16.9. The fourth-order valence-corrected chi connectivity index (χ4v) is 4.05. The van der Waals surface area contributed by atoms with Gasteiger partial charge in [0.15, 0.2) is 5.16 Å². The molecule has 124 valence electrons. The number of rotatable bonds is 3. The van der Waals surface area contributed by atoms with Crippen LogP contribution in [0.1, 0.15) is 11.3 Å². The molecule has 0 spiro atoms. The Morgan fingerprint density at radius 3 is 2.92 bits per heavy atom. The fraction of sp³-hybridized carbons (Fsp3) is 0.267. The zero-order valence-corrected chi connectivity index (χ0v) is 13.8. The minimum absolute atomic E-state index is 0.0529. The van der Waals surface area contributed by atoms with Gasteiger partial charge in [-0.15, -0.1) is 11.8 Å². The molecule has 0 unspecified atom stereocenters. The van der Waals surface area contributed by atoms with Gasteiger partial charge in [0.1, 0.15) is 0 Å². The molecule has 2 heterocycles. The number of aromatic nitrogens is 2. The van der Waals surface area contributed by atoms with E-state index < -0.39 is 11.7 Å². The van der Waals surface area contributed by atoms with Crippen LogP contribution in [0.5, 0.6) is 0 Å². The molecule has 0 amide bonds. The van der Waals surface area contributed by atoms with Crippen molar-refractivity contribution in [3.63, 3.8) is 0 Å². The summed E-state index contributed by atoms with van der Waals surface area (Å²) in [6.45, 7) is 0. The lowest BCUT2D eigenvalue weighted by Crippen LogP contribution is -2.24. The third kappa shape index (κ3) is 3.16. The summed E-state index contributed by atoms with van der Waals surface area (Å²) in [7, 11) is 0. The van der Waals surface area contributed by atoms with Crippen molar-refractivity contribution in [2.24, 2.45) is 0 Å². The van der Waals surface area contributed by atoms with Gasteiger partial charge in [0.25, 0.3) is 5.56 Å². The molecule has 1 aliphatic rings.